The average molecular weight is 330 g/mol. The second-order valence-corrected chi connectivity index (χ2v) is 6.81. The first kappa shape index (κ1) is 17.0. The summed E-state index contributed by atoms with van der Waals surface area (Å²) < 4.78 is 0. The van der Waals surface area contributed by atoms with Crippen LogP contribution in [-0.4, -0.2) is 36.1 Å². The van der Waals surface area contributed by atoms with Gasteiger partial charge in [0, 0.05) is 30.8 Å². The molecule has 0 spiro atoms. The maximum Gasteiger partial charge on any atom is 0.251 e. The van der Waals surface area contributed by atoms with Gasteiger partial charge in [-0.25, -0.2) is 0 Å². The van der Waals surface area contributed by atoms with E-state index in [0.29, 0.717) is 31.0 Å². The number of hydrogen-bond acceptors (Lipinski definition) is 3. The number of anilines is 1. The fraction of sp³-hybridized carbons (Fsp3) is 0.579. The van der Waals surface area contributed by atoms with Crippen LogP contribution in [0.25, 0.3) is 0 Å². The number of nitrogens with zero attached hydrogens (tertiary/aromatic N) is 1. The Hall–Kier alpha value is -1.88. The van der Waals surface area contributed by atoms with E-state index in [9.17, 15) is 14.7 Å². The highest BCUT2D eigenvalue weighted by Gasteiger charge is 2.26. The van der Waals surface area contributed by atoms with E-state index in [1.807, 2.05) is 19.1 Å². The van der Waals surface area contributed by atoms with Gasteiger partial charge in [-0.1, -0.05) is 19.8 Å². The van der Waals surface area contributed by atoms with E-state index >= 15 is 0 Å². The zero-order valence-electron chi connectivity index (χ0n) is 14.3. The van der Waals surface area contributed by atoms with Gasteiger partial charge in [-0.15, -0.1) is 0 Å². The lowest BCUT2D eigenvalue weighted by Crippen LogP contribution is -2.35. The largest absolute Gasteiger partial charge is 0.391 e. The van der Waals surface area contributed by atoms with Crippen LogP contribution in [-0.2, 0) is 11.2 Å². The summed E-state index contributed by atoms with van der Waals surface area (Å²) in [5.41, 5.74) is 2.56. The van der Waals surface area contributed by atoms with Crippen LogP contribution in [0.15, 0.2) is 18.2 Å². The number of hydrogen-bond donors (Lipinski definition) is 2. The molecule has 5 heteroatoms. The summed E-state index contributed by atoms with van der Waals surface area (Å²) in [6.45, 7) is 2.85. The van der Waals surface area contributed by atoms with Crippen molar-refractivity contribution >= 4 is 17.5 Å². The molecule has 5 nitrogen and oxygen atoms in total. The number of carbonyl (C=O) groups excluding carboxylic acids is 2. The van der Waals surface area contributed by atoms with Crippen LogP contribution in [0.3, 0.4) is 0 Å². The zero-order valence-corrected chi connectivity index (χ0v) is 14.3. The molecule has 2 aliphatic rings. The minimum Gasteiger partial charge on any atom is -0.391 e. The molecule has 1 fully saturated rings. The van der Waals surface area contributed by atoms with Gasteiger partial charge in [-0.05, 0) is 48.9 Å². The van der Waals surface area contributed by atoms with Crippen molar-refractivity contribution in [3.8, 4) is 0 Å². The van der Waals surface area contributed by atoms with Crippen molar-refractivity contribution in [3.05, 3.63) is 29.3 Å². The Balaban J connectivity index is 1.61. The molecular weight excluding hydrogens is 304 g/mol. The Labute approximate surface area is 143 Å². The fourth-order valence-corrected chi connectivity index (χ4v) is 3.80. The van der Waals surface area contributed by atoms with E-state index in [1.54, 1.807) is 11.0 Å². The predicted molar refractivity (Wildman–Crippen MR) is 93.1 cm³/mol. The van der Waals surface area contributed by atoms with Crippen LogP contribution < -0.4 is 10.2 Å². The normalized spacial score (nSPS) is 18.5. The predicted octanol–water partition coefficient (Wildman–Crippen LogP) is 2.27. The van der Waals surface area contributed by atoms with Crippen molar-refractivity contribution in [2.24, 2.45) is 5.92 Å². The summed E-state index contributed by atoms with van der Waals surface area (Å²) in [7, 11) is 0. The second kappa shape index (κ2) is 7.34. The van der Waals surface area contributed by atoms with Gasteiger partial charge < -0.3 is 15.3 Å². The smallest absolute Gasteiger partial charge is 0.251 e. The lowest BCUT2D eigenvalue weighted by molar-refractivity contribution is -0.118. The third-order valence-electron chi connectivity index (χ3n) is 5.26. The Morgan fingerprint density at radius 2 is 2.08 bits per heavy atom. The number of carbonyl (C=O) groups is 2. The number of aliphatic hydroxyl groups excluding tert-OH is 1. The number of fused-ring (bicyclic) bond motifs is 1. The summed E-state index contributed by atoms with van der Waals surface area (Å²) in [6, 6.07) is 5.49. The van der Waals surface area contributed by atoms with Crippen molar-refractivity contribution in [3.63, 3.8) is 0 Å². The van der Waals surface area contributed by atoms with Crippen molar-refractivity contribution in [2.45, 2.75) is 51.6 Å². The molecule has 1 saturated carbocycles. The van der Waals surface area contributed by atoms with Gasteiger partial charge in [0.2, 0.25) is 5.91 Å². The summed E-state index contributed by atoms with van der Waals surface area (Å²) in [5, 5.41) is 13.0. The molecule has 2 amide bonds. The van der Waals surface area contributed by atoms with E-state index < -0.39 is 6.10 Å². The van der Waals surface area contributed by atoms with Crippen LogP contribution in [0.5, 0.6) is 0 Å². The van der Waals surface area contributed by atoms with Crippen molar-refractivity contribution < 1.29 is 14.7 Å². The molecule has 1 unspecified atom stereocenters. The molecule has 3 rings (SSSR count). The first-order valence-corrected chi connectivity index (χ1v) is 8.99. The maximum absolute atomic E-state index is 12.3. The first-order valence-electron chi connectivity index (χ1n) is 8.99. The third kappa shape index (κ3) is 3.46. The molecule has 1 heterocycles. The molecule has 1 atom stereocenters. The highest BCUT2D eigenvalue weighted by Crippen LogP contribution is 2.30. The van der Waals surface area contributed by atoms with Gasteiger partial charge >= 0.3 is 0 Å². The van der Waals surface area contributed by atoms with Gasteiger partial charge in [0.25, 0.3) is 5.91 Å². The summed E-state index contributed by atoms with van der Waals surface area (Å²) >= 11 is 0. The van der Waals surface area contributed by atoms with Gasteiger partial charge in [-0.3, -0.25) is 9.59 Å². The van der Waals surface area contributed by atoms with Crippen molar-refractivity contribution in [1.82, 2.24) is 5.32 Å². The van der Waals surface area contributed by atoms with Gasteiger partial charge in [0.15, 0.2) is 0 Å². The number of amides is 2. The summed E-state index contributed by atoms with van der Waals surface area (Å²) in [5.74, 6) is 0.277. The zero-order chi connectivity index (χ0) is 17.1. The lowest BCUT2D eigenvalue weighted by Gasteiger charge is -2.18. The topological polar surface area (TPSA) is 69.6 Å². The van der Waals surface area contributed by atoms with Crippen LogP contribution >= 0.6 is 0 Å². The summed E-state index contributed by atoms with van der Waals surface area (Å²) in [4.78, 5) is 26.0. The van der Waals surface area contributed by atoms with E-state index in [2.05, 4.69) is 5.32 Å². The Morgan fingerprint density at radius 3 is 2.79 bits per heavy atom. The third-order valence-corrected chi connectivity index (χ3v) is 5.26. The first-order chi connectivity index (χ1) is 11.6. The van der Waals surface area contributed by atoms with Gasteiger partial charge in [0.1, 0.15) is 0 Å². The number of rotatable bonds is 5. The molecule has 1 aromatic rings. The quantitative estimate of drug-likeness (QED) is 0.870. The van der Waals surface area contributed by atoms with Crippen LogP contribution in [0.2, 0.25) is 0 Å². The van der Waals surface area contributed by atoms with E-state index in [0.717, 1.165) is 30.5 Å². The Morgan fingerprint density at radius 1 is 1.33 bits per heavy atom. The van der Waals surface area contributed by atoms with Crippen LogP contribution in [0.1, 0.15) is 54.9 Å². The molecule has 130 valence electrons. The molecule has 24 heavy (non-hydrogen) atoms. The lowest BCUT2D eigenvalue weighted by atomic mass is 10.0. The molecule has 1 aliphatic carbocycles. The van der Waals surface area contributed by atoms with Gasteiger partial charge in [0.05, 0.1) is 6.10 Å². The molecule has 1 aliphatic heterocycles. The molecule has 1 aromatic carbocycles. The van der Waals surface area contributed by atoms with Crippen LogP contribution in [0, 0.1) is 5.92 Å². The molecule has 2 N–H and O–H groups in total. The maximum atomic E-state index is 12.3. The SMILES string of the molecule is CCC(=O)N1CCc2cc(C(=O)NCC(O)C3CCCC3)ccc21. The molecule has 0 saturated heterocycles. The highest BCUT2D eigenvalue weighted by atomic mass is 16.3. The fourth-order valence-electron chi connectivity index (χ4n) is 3.80. The average Bonchev–Trinajstić information content (AvgIpc) is 3.27. The monoisotopic (exact) mass is 330 g/mol. The Kier molecular flexibility index (Phi) is 5.19. The number of benzene rings is 1. The molecule has 0 bridgehead atoms. The van der Waals surface area contributed by atoms with E-state index in [4.69, 9.17) is 0 Å². The highest BCUT2D eigenvalue weighted by molar-refractivity contribution is 5.98. The van der Waals surface area contributed by atoms with Crippen molar-refractivity contribution in [2.75, 3.05) is 18.0 Å². The van der Waals surface area contributed by atoms with Crippen molar-refractivity contribution in [1.29, 1.82) is 0 Å². The van der Waals surface area contributed by atoms with Crippen LogP contribution in [0.4, 0.5) is 5.69 Å². The minimum absolute atomic E-state index is 0.116. The molecule has 0 aromatic heterocycles. The Bertz CT molecular complexity index is 623. The van der Waals surface area contributed by atoms with E-state index in [-0.39, 0.29) is 11.8 Å². The number of aliphatic hydroxyl groups is 1. The van der Waals surface area contributed by atoms with E-state index in [1.165, 1.54) is 12.8 Å². The summed E-state index contributed by atoms with van der Waals surface area (Å²) in [6.07, 6.45) is 5.27. The minimum atomic E-state index is -0.455. The standard InChI is InChI=1S/C19H26N2O3/c1-2-18(23)21-10-9-14-11-15(7-8-16(14)21)19(24)20-12-17(22)13-5-3-4-6-13/h7-8,11,13,17,22H,2-6,9-10,12H2,1H3,(H,20,24). The molecular formula is C19H26N2O3. The number of nitrogens with one attached hydrogen (secondary N) is 1. The second-order valence-electron chi connectivity index (χ2n) is 6.81. The molecule has 0 radical (unpaired) electrons. The van der Waals surface area contributed by atoms with Gasteiger partial charge in [-0.2, -0.15) is 0 Å².